The summed E-state index contributed by atoms with van der Waals surface area (Å²) in [5, 5.41) is 7.65. The Hall–Kier alpha value is -2.48. The van der Waals surface area contributed by atoms with E-state index in [2.05, 4.69) is 27.2 Å². The summed E-state index contributed by atoms with van der Waals surface area (Å²) in [4.78, 5) is 34.7. The third-order valence-electron chi connectivity index (χ3n) is 6.00. The first kappa shape index (κ1) is 21.7. The molecule has 1 saturated carbocycles. The number of rotatable bonds is 5. The average molecular weight is 443 g/mol. The van der Waals surface area contributed by atoms with Gasteiger partial charge in [0.25, 0.3) is 0 Å². The van der Waals surface area contributed by atoms with Crippen LogP contribution in [0.3, 0.4) is 0 Å². The summed E-state index contributed by atoms with van der Waals surface area (Å²) in [6, 6.07) is 0.406. The molecule has 2 N–H and O–H groups in total. The third kappa shape index (κ3) is 4.74. The maximum Gasteiger partial charge on any atom is 0.407 e. The fourth-order valence-corrected chi connectivity index (χ4v) is 5.80. The third-order valence-corrected chi connectivity index (χ3v) is 7.17. The predicted octanol–water partition coefficient (Wildman–Crippen LogP) is 4.72. The molecular weight excluding hydrogens is 412 g/mol. The number of thiophene rings is 1. The first-order chi connectivity index (χ1) is 14.7. The van der Waals surface area contributed by atoms with Crippen LogP contribution in [-0.4, -0.2) is 40.0 Å². The van der Waals surface area contributed by atoms with Crippen molar-refractivity contribution in [1.82, 2.24) is 15.3 Å². The van der Waals surface area contributed by atoms with Crippen molar-refractivity contribution in [2.75, 3.05) is 5.32 Å². The summed E-state index contributed by atoms with van der Waals surface area (Å²) >= 11 is 1.70. The standard InChI is InChI=1S/C23H30N4O3S/c1-13(11-28)16-9-10-17-18(16)19-20(24-12-25-21(19)31-17)26-14-5-7-15(8-6-14)27-22(29)30-23(2,3)4/h11-12,14-16H,1,5-10H2,2-4H3,(H,27,29)(H,24,25,26). The number of allylic oxidation sites excluding steroid dienone is 1. The van der Waals surface area contributed by atoms with Crippen LogP contribution in [0.25, 0.3) is 10.2 Å². The molecule has 2 aliphatic carbocycles. The highest BCUT2D eigenvalue weighted by Gasteiger charge is 2.32. The number of carbonyl (C=O) groups is 2. The van der Waals surface area contributed by atoms with Gasteiger partial charge in [-0.05, 0) is 70.4 Å². The second-order valence-corrected chi connectivity index (χ2v) is 10.5. The van der Waals surface area contributed by atoms with Gasteiger partial charge in [0.15, 0.2) is 0 Å². The van der Waals surface area contributed by atoms with Crippen LogP contribution in [0, 0.1) is 0 Å². The minimum Gasteiger partial charge on any atom is -0.444 e. The molecule has 0 bridgehead atoms. The molecule has 2 heterocycles. The molecule has 2 aromatic heterocycles. The number of anilines is 1. The summed E-state index contributed by atoms with van der Waals surface area (Å²) in [5.74, 6) is 0.901. The molecule has 1 amide bonds. The lowest BCUT2D eigenvalue weighted by Gasteiger charge is -2.31. The van der Waals surface area contributed by atoms with Crippen molar-refractivity contribution < 1.29 is 14.3 Å². The molecule has 8 heteroatoms. The molecule has 0 aromatic carbocycles. The molecule has 31 heavy (non-hydrogen) atoms. The minimum absolute atomic E-state index is 0.0570. The van der Waals surface area contributed by atoms with Gasteiger partial charge in [-0.2, -0.15) is 0 Å². The Kier molecular flexibility index (Phi) is 6.01. The Bertz CT molecular complexity index is 1000. The molecule has 2 aliphatic rings. The normalized spacial score (nSPS) is 23.3. The summed E-state index contributed by atoms with van der Waals surface area (Å²) in [6.07, 6.45) is 7.64. The molecule has 0 spiro atoms. The maximum atomic E-state index is 12.0. The van der Waals surface area contributed by atoms with Gasteiger partial charge in [-0.1, -0.05) is 6.58 Å². The van der Waals surface area contributed by atoms with Crippen LogP contribution in [0.2, 0.25) is 0 Å². The summed E-state index contributed by atoms with van der Waals surface area (Å²) in [5.41, 5.74) is 1.32. The van der Waals surface area contributed by atoms with Crippen molar-refractivity contribution >= 4 is 39.8 Å². The molecular formula is C23H30N4O3S. The van der Waals surface area contributed by atoms with Crippen molar-refractivity contribution in [1.29, 1.82) is 0 Å². The lowest BCUT2D eigenvalue weighted by Crippen LogP contribution is -2.42. The van der Waals surface area contributed by atoms with E-state index in [9.17, 15) is 9.59 Å². The molecule has 1 atom stereocenters. The maximum absolute atomic E-state index is 12.0. The highest BCUT2D eigenvalue weighted by molar-refractivity contribution is 7.19. The quantitative estimate of drug-likeness (QED) is 0.514. The van der Waals surface area contributed by atoms with Crippen LogP contribution in [0.15, 0.2) is 18.5 Å². The van der Waals surface area contributed by atoms with Gasteiger partial charge < -0.3 is 15.4 Å². The van der Waals surface area contributed by atoms with Gasteiger partial charge in [-0.3, -0.25) is 4.79 Å². The number of ether oxygens (including phenoxy) is 1. The number of nitrogens with zero attached hydrogens (tertiary/aromatic N) is 2. The summed E-state index contributed by atoms with van der Waals surface area (Å²) < 4.78 is 5.37. The van der Waals surface area contributed by atoms with Gasteiger partial charge in [0.2, 0.25) is 0 Å². The molecule has 0 radical (unpaired) electrons. The van der Waals surface area contributed by atoms with Crippen LogP contribution < -0.4 is 10.6 Å². The first-order valence-electron chi connectivity index (χ1n) is 10.9. The minimum atomic E-state index is -0.491. The average Bonchev–Trinajstić information content (AvgIpc) is 3.27. The highest BCUT2D eigenvalue weighted by atomic mass is 32.1. The molecule has 0 aliphatic heterocycles. The van der Waals surface area contributed by atoms with E-state index in [1.807, 2.05) is 20.8 Å². The van der Waals surface area contributed by atoms with Crippen molar-refractivity contribution in [3.8, 4) is 0 Å². The second-order valence-electron chi connectivity index (χ2n) is 9.46. The Morgan fingerprint density at radius 1 is 1.19 bits per heavy atom. The Morgan fingerprint density at radius 3 is 2.58 bits per heavy atom. The zero-order chi connectivity index (χ0) is 22.2. The summed E-state index contributed by atoms with van der Waals surface area (Å²) in [7, 11) is 0. The first-order valence-corrected chi connectivity index (χ1v) is 11.7. The second kappa shape index (κ2) is 8.57. The number of aldehydes is 1. The summed E-state index contributed by atoms with van der Waals surface area (Å²) in [6.45, 7) is 9.57. The van der Waals surface area contributed by atoms with E-state index in [-0.39, 0.29) is 24.1 Å². The molecule has 0 saturated heterocycles. The number of alkyl carbamates (subject to hydrolysis) is 1. The van der Waals surface area contributed by atoms with Crippen molar-refractivity contribution in [3.05, 3.63) is 28.9 Å². The van der Waals surface area contributed by atoms with E-state index < -0.39 is 5.60 Å². The number of carbonyl (C=O) groups excluding carboxylic acids is 2. The van der Waals surface area contributed by atoms with Crippen LogP contribution in [0.1, 0.15) is 69.2 Å². The Morgan fingerprint density at radius 2 is 1.90 bits per heavy atom. The highest BCUT2D eigenvalue weighted by Crippen LogP contribution is 2.47. The predicted molar refractivity (Wildman–Crippen MR) is 123 cm³/mol. The number of amides is 1. The van der Waals surface area contributed by atoms with Gasteiger partial charge in [0, 0.05) is 22.9 Å². The Balaban J connectivity index is 1.44. The lowest BCUT2D eigenvalue weighted by molar-refractivity contribution is -0.105. The SMILES string of the molecule is C=C(C=O)C1CCc2sc3ncnc(NC4CCC(NC(=O)OC(C)(C)C)CC4)c3c21. The van der Waals surface area contributed by atoms with Gasteiger partial charge >= 0.3 is 6.09 Å². The monoisotopic (exact) mass is 442 g/mol. The van der Waals surface area contributed by atoms with E-state index in [1.165, 1.54) is 10.4 Å². The topological polar surface area (TPSA) is 93.2 Å². The molecule has 2 aromatic rings. The fourth-order valence-electron chi connectivity index (χ4n) is 4.59. The van der Waals surface area contributed by atoms with E-state index in [4.69, 9.17) is 4.74 Å². The van der Waals surface area contributed by atoms with Gasteiger partial charge in [-0.15, -0.1) is 11.3 Å². The zero-order valence-corrected chi connectivity index (χ0v) is 19.2. The molecule has 166 valence electrons. The number of fused-ring (bicyclic) bond motifs is 3. The van der Waals surface area contributed by atoms with Gasteiger partial charge in [0.05, 0.1) is 5.39 Å². The van der Waals surface area contributed by atoms with Gasteiger partial charge in [0.1, 0.15) is 28.9 Å². The van der Waals surface area contributed by atoms with Gasteiger partial charge in [-0.25, -0.2) is 14.8 Å². The van der Waals surface area contributed by atoms with E-state index in [0.717, 1.165) is 60.8 Å². The lowest BCUT2D eigenvalue weighted by atomic mass is 9.91. The van der Waals surface area contributed by atoms with Crippen molar-refractivity contribution in [2.45, 2.75) is 82.9 Å². The van der Waals surface area contributed by atoms with E-state index in [0.29, 0.717) is 5.57 Å². The number of aromatic nitrogens is 2. The van der Waals surface area contributed by atoms with Crippen molar-refractivity contribution in [3.63, 3.8) is 0 Å². The van der Waals surface area contributed by atoms with E-state index >= 15 is 0 Å². The largest absolute Gasteiger partial charge is 0.444 e. The van der Waals surface area contributed by atoms with Crippen LogP contribution in [-0.2, 0) is 16.0 Å². The van der Waals surface area contributed by atoms with Crippen LogP contribution in [0.5, 0.6) is 0 Å². The van der Waals surface area contributed by atoms with Crippen molar-refractivity contribution in [2.24, 2.45) is 0 Å². The number of nitrogens with one attached hydrogen (secondary N) is 2. The van der Waals surface area contributed by atoms with E-state index in [1.54, 1.807) is 17.7 Å². The fraction of sp³-hybridized carbons (Fsp3) is 0.565. The molecule has 1 unspecified atom stereocenters. The van der Waals surface area contributed by atoms with Crippen LogP contribution >= 0.6 is 11.3 Å². The number of hydrogen-bond donors (Lipinski definition) is 2. The number of hydrogen-bond acceptors (Lipinski definition) is 7. The zero-order valence-electron chi connectivity index (χ0n) is 18.4. The van der Waals surface area contributed by atoms with Crippen LogP contribution in [0.4, 0.5) is 10.6 Å². The Labute approximate surface area is 186 Å². The molecule has 7 nitrogen and oxygen atoms in total. The molecule has 4 rings (SSSR count). The smallest absolute Gasteiger partial charge is 0.407 e. The number of aryl methyl sites for hydroxylation is 1. The molecule has 1 fully saturated rings.